The summed E-state index contributed by atoms with van der Waals surface area (Å²) in [4.78, 5) is 25.5. The van der Waals surface area contributed by atoms with Crippen molar-refractivity contribution in [1.29, 1.82) is 0 Å². The van der Waals surface area contributed by atoms with Crippen molar-refractivity contribution in [3.05, 3.63) is 57.2 Å². The molecule has 0 bridgehead atoms. The van der Waals surface area contributed by atoms with E-state index < -0.39 is 11.5 Å². The third-order valence-electron chi connectivity index (χ3n) is 2.41. The molecular weight excluding hydrogens is 252 g/mol. The Labute approximate surface area is 107 Å². The SMILES string of the molecule is O=C(O)Cc1c[nH]c(=S)n(-c2ccccc2)c1=O. The molecule has 2 rings (SSSR count). The van der Waals surface area contributed by atoms with Crippen LogP contribution in [0.25, 0.3) is 5.69 Å². The minimum absolute atomic E-state index is 0.167. The van der Waals surface area contributed by atoms with Crippen LogP contribution in [0.1, 0.15) is 5.56 Å². The molecule has 2 aromatic rings. The molecule has 1 heterocycles. The van der Waals surface area contributed by atoms with Crippen molar-refractivity contribution in [2.75, 3.05) is 0 Å². The van der Waals surface area contributed by atoms with Crippen molar-refractivity contribution >= 4 is 18.2 Å². The second-order valence-corrected chi connectivity index (χ2v) is 4.05. The van der Waals surface area contributed by atoms with Crippen molar-refractivity contribution in [2.45, 2.75) is 6.42 Å². The smallest absolute Gasteiger partial charge is 0.308 e. The van der Waals surface area contributed by atoms with Crippen molar-refractivity contribution in [1.82, 2.24) is 9.55 Å². The molecule has 0 fully saturated rings. The number of carboxylic acid groups (broad SMARTS) is 1. The zero-order valence-electron chi connectivity index (χ0n) is 9.29. The molecule has 0 aliphatic rings. The Morgan fingerprint density at radius 2 is 2.00 bits per heavy atom. The van der Waals surface area contributed by atoms with E-state index in [0.717, 1.165) is 0 Å². The third kappa shape index (κ3) is 2.38. The number of aromatic nitrogens is 2. The number of benzene rings is 1. The number of carboxylic acids is 1. The normalized spacial score (nSPS) is 10.2. The second kappa shape index (κ2) is 4.97. The topological polar surface area (TPSA) is 75.1 Å². The lowest BCUT2D eigenvalue weighted by Gasteiger charge is -2.07. The summed E-state index contributed by atoms with van der Waals surface area (Å²) in [6, 6.07) is 8.84. The zero-order valence-corrected chi connectivity index (χ0v) is 10.1. The summed E-state index contributed by atoms with van der Waals surface area (Å²) in [7, 11) is 0. The van der Waals surface area contributed by atoms with Gasteiger partial charge in [0.2, 0.25) is 0 Å². The average molecular weight is 262 g/mol. The molecule has 0 aliphatic carbocycles. The van der Waals surface area contributed by atoms with E-state index in [2.05, 4.69) is 4.98 Å². The van der Waals surface area contributed by atoms with E-state index in [1.54, 1.807) is 24.3 Å². The van der Waals surface area contributed by atoms with E-state index in [1.807, 2.05) is 6.07 Å². The Bertz CT molecular complexity index is 688. The Morgan fingerprint density at radius 3 is 2.61 bits per heavy atom. The summed E-state index contributed by atoms with van der Waals surface area (Å²) in [6.45, 7) is 0. The van der Waals surface area contributed by atoms with Gasteiger partial charge in [0, 0.05) is 11.8 Å². The number of aliphatic carboxylic acids is 1. The predicted molar refractivity (Wildman–Crippen MR) is 68.6 cm³/mol. The van der Waals surface area contributed by atoms with Crippen LogP contribution in [0.4, 0.5) is 0 Å². The molecule has 0 saturated carbocycles. The number of hydrogen-bond acceptors (Lipinski definition) is 3. The summed E-state index contributed by atoms with van der Waals surface area (Å²) in [5, 5.41) is 8.73. The van der Waals surface area contributed by atoms with Crippen LogP contribution >= 0.6 is 12.2 Å². The number of nitrogens with zero attached hydrogens (tertiary/aromatic N) is 1. The molecule has 2 N–H and O–H groups in total. The van der Waals surface area contributed by atoms with Gasteiger partial charge in [-0.1, -0.05) is 18.2 Å². The van der Waals surface area contributed by atoms with Crippen LogP contribution < -0.4 is 5.56 Å². The summed E-state index contributed by atoms with van der Waals surface area (Å²) in [6.07, 6.45) is 1.01. The number of carbonyl (C=O) groups is 1. The number of nitrogens with one attached hydrogen (secondary N) is 1. The number of rotatable bonds is 3. The van der Waals surface area contributed by atoms with E-state index >= 15 is 0 Å². The fraction of sp³-hybridized carbons (Fsp3) is 0.0833. The lowest BCUT2D eigenvalue weighted by molar-refractivity contribution is -0.136. The van der Waals surface area contributed by atoms with Crippen LogP contribution in [0.5, 0.6) is 0 Å². The largest absolute Gasteiger partial charge is 0.481 e. The van der Waals surface area contributed by atoms with Crippen molar-refractivity contribution < 1.29 is 9.90 Å². The van der Waals surface area contributed by atoms with Gasteiger partial charge < -0.3 is 10.1 Å². The minimum atomic E-state index is -1.06. The maximum atomic E-state index is 12.1. The van der Waals surface area contributed by atoms with E-state index in [1.165, 1.54) is 10.8 Å². The highest BCUT2D eigenvalue weighted by Gasteiger charge is 2.10. The first-order valence-corrected chi connectivity index (χ1v) is 5.61. The van der Waals surface area contributed by atoms with Gasteiger partial charge in [-0.15, -0.1) is 0 Å². The Morgan fingerprint density at radius 1 is 1.33 bits per heavy atom. The van der Waals surface area contributed by atoms with Gasteiger partial charge in [-0.3, -0.25) is 14.2 Å². The summed E-state index contributed by atoms with van der Waals surface area (Å²) in [5.74, 6) is -1.06. The molecule has 92 valence electrons. The maximum Gasteiger partial charge on any atom is 0.308 e. The quantitative estimate of drug-likeness (QED) is 0.822. The fourth-order valence-corrected chi connectivity index (χ4v) is 1.86. The van der Waals surface area contributed by atoms with Gasteiger partial charge in [0.1, 0.15) is 0 Å². The molecule has 1 aromatic carbocycles. The molecule has 0 aliphatic heterocycles. The molecule has 6 heteroatoms. The third-order valence-corrected chi connectivity index (χ3v) is 2.71. The first-order valence-electron chi connectivity index (χ1n) is 5.20. The van der Waals surface area contributed by atoms with Crippen LogP contribution in [-0.2, 0) is 11.2 Å². The molecule has 0 radical (unpaired) electrons. The molecule has 0 saturated heterocycles. The second-order valence-electron chi connectivity index (χ2n) is 3.67. The number of aromatic amines is 1. The van der Waals surface area contributed by atoms with Gasteiger partial charge in [-0.2, -0.15) is 0 Å². The lowest BCUT2D eigenvalue weighted by Crippen LogP contribution is -2.25. The molecule has 5 nitrogen and oxygen atoms in total. The average Bonchev–Trinajstić information content (AvgIpc) is 2.34. The van der Waals surface area contributed by atoms with Crippen LogP contribution in [0.15, 0.2) is 41.3 Å². The molecule has 0 atom stereocenters. The van der Waals surface area contributed by atoms with Gasteiger partial charge >= 0.3 is 5.97 Å². The highest BCUT2D eigenvalue weighted by atomic mass is 32.1. The summed E-state index contributed by atoms with van der Waals surface area (Å²) < 4.78 is 1.52. The molecule has 18 heavy (non-hydrogen) atoms. The Balaban J connectivity index is 2.64. The molecule has 0 unspecified atom stereocenters. The standard InChI is InChI=1S/C12H10N2O3S/c15-10(16)6-8-7-13-12(18)14(11(8)17)9-4-2-1-3-5-9/h1-5,7H,6H2,(H,13,18)(H,15,16). The highest BCUT2D eigenvalue weighted by Crippen LogP contribution is 2.05. The van der Waals surface area contributed by atoms with Gasteiger partial charge in [0.15, 0.2) is 4.77 Å². The number of hydrogen-bond donors (Lipinski definition) is 2. The first kappa shape index (κ1) is 12.3. The fourth-order valence-electron chi connectivity index (χ4n) is 1.61. The molecular formula is C12H10N2O3S. The van der Waals surface area contributed by atoms with Gasteiger partial charge in [-0.25, -0.2) is 0 Å². The van der Waals surface area contributed by atoms with Gasteiger partial charge in [-0.05, 0) is 24.4 Å². The van der Waals surface area contributed by atoms with E-state index in [4.69, 9.17) is 17.3 Å². The van der Waals surface area contributed by atoms with Crippen molar-refractivity contribution in [2.24, 2.45) is 0 Å². The summed E-state index contributed by atoms with van der Waals surface area (Å²) in [5.41, 5.74) is 0.364. The van der Waals surface area contributed by atoms with Crippen LogP contribution in [0, 0.1) is 4.77 Å². The Hall–Kier alpha value is -2.21. The van der Waals surface area contributed by atoms with Crippen molar-refractivity contribution in [3.8, 4) is 5.69 Å². The molecule has 0 spiro atoms. The van der Waals surface area contributed by atoms with E-state index in [9.17, 15) is 9.59 Å². The van der Waals surface area contributed by atoms with Crippen molar-refractivity contribution in [3.63, 3.8) is 0 Å². The summed E-state index contributed by atoms with van der Waals surface area (Å²) >= 11 is 5.05. The van der Waals surface area contributed by atoms with Gasteiger partial charge in [0.05, 0.1) is 12.1 Å². The molecule has 1 aromatic heterocycles. The van der Waals surface area contributed by atoms with E-state index in [0.29, 0.717) is 5.69 Å². The molecule has 0 amide bonds. The Kier molecular flexibility index (Phi) is 3.38. The zero-order chi connectivity index (χ0) is 13.1. The number of para-hydroxylation sites is 1. The first-order chi connectivity index (χ1) is 8.59. The maximum absolute atomic E-state index is 12.1. The van der Waals surface area contributed by atoms with Crippen LogP contribution in [0.3, 0.4) is 0 Å². The predicted octanol–water partition coefficient (Wildman–Crippen LogP) is 1.52. The van der Waals surface area contributed by atoms with Crippen LogP contribution in [0.2, 0.25) is 0 Å². The highest BCUT2D eigenvalue weighted by molar-refractivity contribution is 7.71. The minimum Gasteiger partial charge on any atom is -0.481 e. The monoisotopic (exact) mass is 262 g/mol. The van der Waals surface area contributed by atoms with E-state index in [-0.39, 0.29) is 16.8 Å². The van der Waals surface area contributed by atoms with Crippen LogP contribution in [-0.4, -0.2) is 20.6 Å². The number of H-pyrrole nitrogens is 1. The van der Waals surface area contributed by atoms with Gasteiger partial charge in [0.25, 0.3) is 5.56 Å². The lowest BCUT2D eigenvalue weighted by atomic mass is 10.2.